The second-order valence-electron chi connectivity index (χ2n) is 5.38. The van der Waals surface area contributed by atoms with E-state index in [1.165, 1.54) is 0 Å². The van der Waals surface area contributed by atoms with E-state index in [-0.39, 0.29) is 12.0 Å². The Labute approximate surface area is 129 Å². The number of ether oxygens (including phenoxy) is 1. The van der Waals surface area contributed by atoms with Crippen LogP contribution >= 0.6 is 0 Å². The third-order valence-electron chi connectivity index (χ3n) is 3.79. The van der Waals surface area contributed by atoms with Gasteiger partial charge in [0, 0.05) is 24.2 Å². The topological polar surface area (TPSA) is 68.5 Å². The smallest absolute Gasteiger partial charge is 0.257 e. The quantitative estimate of drug-likeness (QED) is 0.870. The average Bonchev–Trinajstić information content (AvgIpc) is 3.01. The van der Waals surface area contributed by atoms with Gasteiger partial charge in [0.05, 0.1) is 12.7 Å². The van der Waals surface area contributed by atoms with Crippen LogP contribution < -0.4 is 0 Å². The summed E-state index contributed by atoms with van der Waals surface area (Å²) in [6.45, 7) is 5.73. The molecule has 22 heavy (non-hydrogen) atoms. The Bertz CT molecular complexity index is 651. The van der Waals surface area contributed by atoms with Crippen molar-refractivity contribution in [2.45, 2.75) is 26.4 Å². The first-order valence-corrected chi connectivity index (χ1v) is 7.49. The summed E-state index contributed by atoms with van der Waals surface area (Å²) < 4.78 is 10.7. The molecule has 1 aromatic carbocycles. The molecule has 0 unspecified atom stereocenters. The molecule has 0 N–H and O–H groups in total. The van der Waals surface area contributed by atoms with Gasteiger partial charge in [-0.25, -0.2) is 0 Å². The molecule has 1 saturated heterocycles. The summed E-state index contributed by atoms with van der Waals surface area (Å²) in [5, 5.41) is 3.77. The van der Waals surface area contributed by atoms with Crippen LogP contribution in [0.2, 0.25) is 0 Å². The fraction of sp³-hybridized carbons (Fsp3) is 0.438. The maximum absolute atomic E-state index is 12.5. The zero-order valence-electron chi connectivity index (χ0n) is 12.8. The van der Waals surface area contributed by atoms with E-state index in [0.29, 0.717) is 37.0 Å². The Morgan fingerprint density at radius 2 is 2.14 bits per heavy atom. The van der Waals surface area contributed by atoms with Gasteiger partial charge in [0.2, 0.25) is 0 Å². The SMILES string of the molecule is CC[C@H]1CN(C(=O)c2ccc(-c3nc(C)no3)cc2)CCO1. The number of amides is 1. The van der Waals surface area contributed by atoms with E-state index in [4.69, 9.17) is 9.26 Å². The van der Waals surface area contributed by atoms with Gasteiger partial charge in [0.25, 0.3) is 11.8 Å². The largest absolute Gasteiger partial charge is 0.375 e. The van der Waals surface area contributed by atoms with Crippen molar-refractivity contribution in [1.29, 1.82) is 0 Å². The van der Waals surface area contributed by atoms with Crippen molar-refractivity contribution < 1.29 is 14.1 Å². The van der Waals surface area contributed by atoms with Crippen LogP contribution in [0.15, 0.2) is 28.8 Å². The highest BCUT2D eigenvalue weighted by Crippen LogP contribution is 2.19. The molecule has 6 heteroatoms. The minimum Gasteiger partial charge on any atom is -0.375 e. The lowest BCUT2D eigenvalue weighted by atomic mass is 10.1. The number of hydrogen-bond acceptors (Lipinski definition) is 5. The van der Waals surface area contributed by atoms with Gasteiger partial charge < -0.3 is 14.2 Å². The minimum atomic E-state index is 0.0370. The van der Waals surface area contributed by atoms with Crippen molar-refractivity contribution in [1.82, 2.24) is 15.0 Å². The molecular formula is C16H19N3O3. The Balaban J connectivity index is 1.73. The van der Waals surface area contributed by atoms with Gasteiger partial charge in [-0.05, 0) is 37.6 Å². The van der Waals surface area contributed by atoms with Crippen molar-refractivity contribution in [3.8, 4) is 11.5 Å². The molecule has 3 rings (SSSR count). The molecule has 0 aliphatic carbocycles. The maximum Gasteiger partial charge on any atom is 0.257 e. The zero-order chi connectivity index (χ0) is 15.5. The molecular weight excluding hydrogens is 282 g/mol. The lowest BCUT2D eigenvalue weighted by Crippen LogP contribution is -2.45. The number of carbonyl (C=O) groups is 1. The van der Waals surface area contributed by atoms with Gasteiger partial charge in [0.15, 0.2) is 5.82 Å². The molecule has 6 nitrogen and oxygen atoms in total. The molecule has 116 valence electrons. The predicted molar refractivity (Wildman–Crippen MR) is 80.4 cm³/mol. The maximum atomic E-state index is 12.5. The van der Waals surface area contributed by atoms with Crippen LogP contribution in [-0.2, 0) is 4.74 Å². The third kappa shape index (κ3) is 3.01. The summed E-state index contributed by atoms with van der Waals surface area (Å²) in [6, 6.07) is 7.26. The van der Waals surface area contributed by atoms with Crippen LogP contribution in [0.25, 0.3) is 11.5 Å². The molecule has 1 aliphatic rings. The second-order valence-corrected chi connectivity index (χ2v) is 5.38. The van der Waals surface area contributed by atoms with Crippen LogP contribution in [-0.4, -0.2) is 46.7 Å². The predicted octanol–water partition coefficient (Wildman–Crippen LogP) is 2.30. The van der Waals surface area contributed by atoms with Gasteiger partial charge in [-0.15, -0.1) is 0 Å². The number of rotatable bonds is 3. The van der Waals surface area contributed by atoms with Crippen molar-refractivity contribution in [3.05, 3.63) is 35.7 Å². The molecule has 0 spiro atoms. The van der Waals surface area contributed by atoms with E-state index < -0.39 is 0 Å². The molecule has 1 atom stereocenters. The number of nitrogens with zero attached hydrogens (tertiary/aromatic N) is 3. The number of carbonyl (C=O) groups excluding carboxylic acids is 1. The van der Waals surface area contributed by atoms with E-state index in [1.54, 1.807) is 19.1 Å². The first kappa shape index (κ1) is 14.7. The summed E-state index contributed by atoms with van der Waals surface area (Å²) in [5.41, 5.74) is 1.47. The number of aromatic nitrogens is 2. The summed E-state index contributed by atoms with van der Waals surface area (Å²) in [5.74, 6) is 1.10. The Kier molecular flexibility index (Phi) is 4.20. The summed E-state index contributed by atoms with van der Waals surface area (Å²) >= 11 is 0. The Morgan fingerprint density at radius 1 is 1.36 bits per heavy atom. The number of morpholine rings is 1. The van der Waals surface area contributed by atoms with Crippen LogP contribution in [0.5, 0.6) is 0 Å². The standard InChI is InChI=1S/C16H19N3O3/c1-3-14-10-19(8-9-21-14)16(20)13-6-4-12(5-7-13)15-17-11(2)18-22-15/h4-7,14H,3,8-10H2,1-2H3/t14-/m0/s1. The molecule has 1 aromatic heterocycles. The molecule has 0 bridgehead atoms. The van der Waals surface area contributed by atoms with E-state index in [0.717, 1.165) is 12.0 Å². The molecule has 0 radical (unpaired) electrons. The molecule has 1 aliphatic heterocycles. The van der Waals surface area contributed by atoms with E-state index in [9.17, 15) is 4.79 Å². The molecule has 0 saturated carbocycles. The summed E-state index contributed by atoms with van der Waals surface area (Å²) in [7, 11) is 0. The van der Waals surface area contributed by atoms with Gasteiger partial charge in [-0.2, -0.15) is 4.98 Å². The molecule has 1 fully saturated rings. The lowest BCUT2D eigenvalue weighted by Gasteiger charge is -2.32. The second kappa shape index (κ2) is 6.27. The third-order valence-corrected chi connectivity index (χ3v) is 3.79. The van der Waals surface area contributed by atoms with E-state index in [1.807, 2.05) is 17.0 Å². The summed E-state index contributed by atoms with van der Waals surface area (Å²) in [4.78, 5) is 18.6. The van der Waals surface area contributed by atoms with Crippen LogP contribution in [0, 0.1) is 6.92 Å². The molecule has 1 amide bonds. The average molecular weight is 301 g/mol. The van der Waals surface area contributed by atoms with Gasteiger partial charge in [0.1, 0.15) is 0 Å². The number of benzene rings is 1. The summed E-state index contributed by atoms with van der Waals surface area (Å²) in [6.07, 6.45) is 1.05. The van der Waals surface area contributed by atoms with Gasteiger partial charge in [-0.1, -0.05) is 12.1 Å². The van der Waals surface area contributed by atoms with Crippen molar-refractivity contribution in [2.75, 3.05) is 19.7 Å². The first-order valence-electron chi connectivity index (χ1n) is 7.49. The van der Waals surface area contributed by atoms with Crippen LogP contribution in [0.1, 0.15) is 29.5 Å². The highest BCUT2D eigenvalue weighted by Gasteiger charge is 2.24. The van der Waals surface area contributed by atoms with Crippen molar-refractivity contribution >= 4 is 5.91 Å². The van der Waals surface area contributed by atoms with Crippen molar-refractivity contribution in [3.63, 3.8) is 0 Å². The molecule has 2 heterocycles. The number of aryl methyl sites for hydroxylation is 1. The van der Waals surface area contributed by atoms with Crippen LogP contribution in [0.4, 0.5) is 0 Å². The lowest BCUT2D eigenvalue weighted by molar-refractivity contribution is -0.0226. The Hall–Kier alpha value is -2.21. The fourth-order valence-electron chi connectivity index (χ4n) is 2.50. The minimum absolute atomic E-state index is 0.0370. The molecule has 2 aromatic rings. The highest BCUT2D eigenvalue weighted by atomic mass is 16.5. The van der Waals surface area contributed by atoms with Gasteiger partial charge in [-0.3, -0.25) is 4.79 Å². The van der Waals surface area contributed by atoms with Crippen LogP contribution in [0.3, 0.4) is 0 Å². The number of hydrogen-bond donors (Lipinski definition) is 0. The zero-order valence-corrected chi connectivity index (χ0v) is 12.8. The normalized spacial score (nSPS) is 18.5. The van der Waals surface area contributed by atoms with E-state index >= 15 is 0 Å². The Morgan fingerprint density at radius 3 is 2.77 bits per heavy atom. The van der Waals surface area contributed by atoms with Gasteiger partial charge >= 0.3 is 0 Å². The van der Waals surface area contributed by atoms with E-state index in [2.05, 4.69) is 17.1 Å². The van der Waals surface area contributed by atoms with Crippen molar-refractivity contribution in [2.24, 2.45) is 0 Å². The first-order chi connectivity index (χ1) is 10.7. The highest BCUT2D eigenvalue weighted by molar-refractivity contribution is 5.94. The monoisotopic (exact) mass is 301 g/mol. The fourth-order valence-corrected chi connectivity index (χ4v) is 2.50.